The summed E-state index contributed by atoms with van der Waals surface area (Å²) in [5, 5.41) is 46.6. The minimum absolute atomic E-state index is 0.0819. The van der Waals surface area contributed by atoms with Crippen molar-refractivity contribution in [1.29, 1.82) is 0 Å². The second-order valence-corrected chi connectivity index (χ2v) is 11.5. The van der Waals surface area contributed by atoms with Crippen LogP contribution in [0.1, 0.15) is 57.3 Å². The van der Waals surface area contributed by atoms with Crippen molar-refractivity contribution < 1.29 is 39.5 Å². The Bertz CT molecular complexity index is 1100. The molecule has 5 rings (SSSR count). The average molecular weight is 487 g/mol. The number of aliphatic hydroxyl groups excluding tert-OH is 2. The van der Waals surface area contributed by atoms with Crippen molar-refractivity contribution in [3.8, 4) is 0 Å². The summed E-state index contributed by atoms with van der Waals surface area (Å²) in [6.07, 6.45) is -4.20. The summed E-state index contributed by atoms with van der Waals surface area (Å²) in [6, 6.07) is 8.32. The number of hydrogen-bond acceptors (Lipinski definition) is 8. The Labute approximate surface area is 204 Å². The smallest absolute Gasteiger partial charge is 0.338 e. The van der Waals surface area contributed by atoms with Gasteiger partial charge in [-0.15, -0.1) is 0 Å². The van der Waals surface area contributed by atoms with E-state index in [-0.39, 0.29) is 30.6 Å². The SMILES string of the molecule is CC1=C2C(O)C(=O)[C@]3(C)CCC4OC[C@@]4(O)C3C(OC(=O)c3ccccc3)C(O)(CC1O)C2(C)C. The van der Waals surface area contributed by atoms with Gasteiger partial charge >= 0.3 is 5.97 Å². The molecule has 2 saturated carbocycles. The molecule has 1 aromatic carbocycles. The van der Waals surface area contributed by atoms with E-state index in [1.807, 2.05) is 0 Å². The molecule has 0 spiro atoms. The predicted octanol–water partition coefficient (Wildman–Crippen LogP) is 1.54. The van der Waals surface area contributed by atoms with Gasteiger partial charge in [-0.05, 0) is 43.0 Å². The Kier molecular flexibility index (Phi) is 5.41. The van der Waals surface area contributed by atoms with Gasteiger partial charge in [0.05, 0.1) is 24.4 Å². The summed E-state index contributed by atoms with van der Waals surface area (Å²) in [5.41, 5.74) is -5.09. The Morgan fingerprint density at radius 3 is 2.37 bits per heavy atom. The monoisotopic (exact) mass is 486 g/mol. The van der Waals surface area contributed by atoms with Gasteiger partial charge < -0.3 is 29.9 Å². The second-order valence-electron chi connectivity index (χ2n) is 11.5. The van der Waals surface area contributed by atoms with Gasteiger partial charge in [0.1, 0.15) is 23.4 Å². The molecular weight excluding hydrogens is 452 g/mol. The minimum atomic E-state index is -1.90. The van der Waals surface area contributed by atoms with Crippen LogP contribution >= 0.6 is 0 Å². The van der Waals surface area contributed by atoms with E-state index in [4.69, 9.17) is 9.47 Å². The highest BCUT2D eigenvalue weighted by Crippen LogP contribution is 2.62. The lowest BCUT2D eigenvalue weighted by Gasteiger charge is -2.65. The van der Waals surface area contributed by atoms with Crippen LogP contribution in [0.2, 0.25) is 0 Å². The summed E-state index contributed by atoms with van der Waals surface area (Å²) in [6.45, 7) is 6.60. The zero-order valence-electron chi connectivity index (χ0n) is 20.5. The number of ether oxygens (including phenoxy) is 2. The van der Waals surface area contributed by atoms with Crippen LogP contribution in [0.4, 0.5) is 0 Å². The first-order chi connectivity index (χ1) is 16.3. The minimum Gasteiger partial charge on any atom is -0.455 e. The van der Waals surface area contributed by atoms with Gasteiger partial charge in [0.15, 0.2) is 5.78 Å². The maximum absolute atomic E-state index is 14.0. The highest BCUT2D eigenvalue weighted by Gasteiger charge is 2.74. The molecule has 1 saturated heterocycles. The molecule has 0 radical (unpaired) electrons. The van der Waals surface area contributed by atoms with E-state index in [0.717, 1.165) is 0 Å². The first kappa shape index (κ1) is 24.6. The second kappa shape index (κ2) is 7.70. The molecule has 8 atom stereocenters. The standard InChI is InChI=1S/C27H34O8/c1-14-16(28)12-27(33)22(35-23(31)15-8-6-5-7-9-15)20-25(4,11-10-17-26(20,32)13-34-17)21(30)19(29)18(14)24(27,2)3/h5-9,16-17,19-20,22,28-29,32-33H,10-13H2,1-4H3/t16?,17?,19?,20?,22?,25-,26+,27?/m1/s1. The van der Waals surface area contributed by atoms with Crippen LogP contribution in [0, 0.1) is 16.7 Å². The van der Waals surface area contributed by atoms with E-state index in [9.17, 15) is 30.0 Å². The van der Waals surface area contributed by atoms with Crippen molar-refractivity contribution >= 4 is 11.8 Å². The van der Waals surface area contributed by atoms with Crippen LogP contribution in [0.3, 0.4) is 0 Å². The van der Waals surface area contributed by atoms with Gasteiger partial charge in [-0.3, -0.25) is 4.79 Å². The van der Waals surface area contributed by atoms with E-state index >= 15 is 0 Å². The molecule has 4 N–H and O–H groups in total. The van der Waals surface area contributed by atoms with E-state index < -0.39 is 64.1 Å². The molecule has 1 heterocycles. The number of benzene rings is 1. The van der Waals surface area contributed by atoms with E-state index in [1.165, 1.54) is 0 Å². The highest BCUT2D eigenvalue weighted by molar-refractivity contribution is 5.93. The number of esters is 1. The first-order valence-corrected chi connectivity index (χ1v) is 12.2. The molecule has 8 heteroatoms. The van der Waals surface area contributed by atoms with Crippen LogP contribution in [-0.2, 0) is 14.3 Å². The largest absolute Gasteiger partial charge is 0.455 e. The number of hydrogen-bond donors (Lipinski definition) is 4. The van der Waals surface area contributed by atoms with Gasteiger partial charge in [-0.25, -0.2) is 4.79 Å². The molecule has 0 aromatic heterocycles. The molecule has 3 fully saturated rings. The summed E-state index contributed by atoms with van der Waals surface area (Å²) >= 11 is 0. The van der Waals surface area contributed by atoms with Crippen molar-refractivity contribution in [3.63, 3.8) is 0 Å². The molecule has 6 unspecified atom stereocenters. The molecule has 2 bridgehead atoms. The Morgan fingerprint density at radius 2 is 1.77 bits per heavy atom. The Balaban J connectivity index is 1.75. The van der Waals surface area contributed by atoms with Crippen molar-refractivity contribution in [3.05, 3.63) is 47.0 Å². The maximum Gasteiger partial charge on any atom is 0.338 e. The maximum atomic E-state index is 14.0. The first-order valence-electron chi connectivity index (χ1n) is 12.2. The lowest BCUT2D eigenvalue weighted by molar-refractivity contribution is -0.329. The normalized spacial score (nSPS) is 44.3. The Hall–Kier alpha value is -2.10. The lowest BCUT2D eigenvalue weighted by Crippen LogP contribution is -2.78. The molecule has 0 amide bonds. The number of Topliss-reactive ketones (excluding diaryl/α,β-unsaturated/α-hetero) is 1. The van der Waals surface area contributed by atoms with Crippen LogP contribution in [0.15, 0.2) is 41.5 Å². The third-order valence-electron chi connectivity index (χ3n) is 9.51. The van der Waals surface area contributed by atoms with Crippen LogP contribution in [-0.4, -0.2) is 74.4 Å². The molecule has 8 nitrogen and oxygen atoms in total. The van der Waals surface area contributed by atoms with Gasteiger partial charge in [0.2, 0.25) is 0 Å². The van der Waals surface area contributed by atoms with E-state index in [1.54, 1.807) is 58.0 Å². The number of carbonyl (C=O) groups is 2. The zero-order valence-corrected chi connectivity index (χ0v) is 20.5. The summed E-state index contributed by atoms with van der Waals surface area (Å²) < 4.78 is 11.7. The molecule has 3 aliphatic carbocycles. The molecule has 1 aliphatic heterocycles. The number of aliphatic hydroxyl groups is 4. The summed E-state index contributed by atoms with van der Waals surface area (Å²) in [4.78, 5) is 27.3. The zero-order chi connectivity index (χ0) is 25.6. The van der Waals surface area contributed by atoms with Crippen molar-refractivity contribution in [2.75, 3.05) is 6.61 Å². The fraction of sp³-hybridized carbons (Fsp3) is 0.630. The number of carbonyl (C=O) groups excluding carboxylic acids is 2. The van der Waals surface area contributed by atoms with Crippen molar-refractivity contribution in [1.82, 2.24) is 0 Å². The van der Waals surface area contributed by atoms with Crippen LogP contribution in [0.5, 0.6) is 0 Å². The van der Waals surface area contributed by atoms with Crippen LogP contribution in [0.25, 0.3) is 0 Å². The predicted molar refractivity (Wildman–Crippen MR) is 124 cm³/mol. The van der Waals surface area contributed by atoms with Gasteiger partial charge in [-0.2, -0.15) is 0 Å². The topological polar surface area (TPSA) is 134 Å². The third kappa shape index (κ3) is 3.10. The summed E-state index contributed by atoms with van der Waals surface area (Å²) in [5.74, 6) is -2.28. The fourth-order valence-corrected chi connectivity index (χ4v) is 7.29. The number of ketones is 1. The molecular formula is C27H34O8. The van der Waals surface area contributed by atoms with Crippen molar-refractivity contribution in [2.45, 2.75) is 82.6 Å². The van der Waals surface area contributed by atoms with Crippen LogP contribution < -0.4 is 0 Å². The Morgan fingerprint density at radius 1 is 1.11 bits per heavy atom. The van der Waals surface area contributed by atoms with E-state index in [2.05, 4.69) is 0 Å². The quantitative estimate of drug-likeness (QED) is 0.365. The molecule has 35 heavy (non-hydrogen) atoms. The van der Waals surface area contributed by atoms with E-state index in [0.29, 0.717) is 12.0 Å². The molecule has 1 aromatic rings. The van der Waals surface area contributed by atoms with Gasteiger partial charge in [-0.1, -0.05) is 39.0 Å². The average Bonchev–Trinajstić information content (AvgIpc) is 2.80. The lowest BCUT2D eigenvalue weighted by atomic mass is 9.45. The summed E-state index contributed by atoms with van der Waals surface area (Å²) in [7, 11) is 0. The highest BCUT2D eigenvalue weighted by atomic mass is 16.6. The number of rotatable bonds is 2. The van der Waals surface area contributed by atoms with Crippen molar-refractivity contribution in [2.24, 2.45) is 16.7 Å². The fourth-order valence-electron chi connectivity index (χ4n) is 7.29. The third-order valence-corrected chi connectivity index (χ3v) is 9.51. The van der Waals surface area contributed by atoms with Gasteiger partial charge in [0, 0.05) is 23.2 Å². The molecule has 4 aliphatic rings. The number of fused-ring (bicyclic) bond motifs is 5. The molecule has 190 valence electrons. The van der Waals surface area contributed by atoms with Gasteiger partial charge in [0.25, 0.3) is 0 Å².